The molecule has 2 fully saturated rings. The number of guanidine groups is 1. The molecule has 1 amide bonds. The van der Waals surface area contributed by atoms with Crippen LogP contribution in [0.2, 0.25) is 0 Å². The molecule has 0 aliphatic carbocycles. The van der Waals surface area contributed by atoms with Crippen molar-refractivity contribution < 1.29 is 4.79 Å². The highest BCUT2D eigenvalue weighted by Crippen LogP contribution is 2.14. The molecule has 0 aromatic heterocycles. The Bertz CT molecular complexity index is 651. The van der Waals surface area contributed by atoms with Crippen molar-refractivity contribution in [2.45, 2.75) is 58.7 Å². The normalized spacial score (nSPS) is 20.6. The van der Waals surface area contributed by atoms with Crippen LogP contribution in [0.3, 0.4) is 0 Å². The van der Waals surface area contributed by atoms with Crippen molar-refractivity contribution in [1.82, 2.24) is 20.4 Å². The van der Waals surface area contributed by atoms with E-state index in [2.05, 4.69) is 46.7 Å². The van der Waals surface area contributed by atoms with Gasteiger partial charge < -0.3 is 15.5 Å². The maximum absolute atomic E-state index is 11.9. The van der Waals surface area contributed by atoms with E-state index in [1.165, 1.54) is 37.1 Å². The number of nitrogens with one attached hydrogen (secondary N) is 2. The molecular weight excluding hydrogens is 350 g/mol. The predicted molar refractivity (Wildman–Crippen MR) is 114 cm³/mol. The Labute approximate surface area is 169 Å². The molecule has 1 aromatic rings. The Kier molecular flexibility index (Phi) is 7.71. The number of rotatable bonds is 7. The molecule has 1 aromatic carbocycles. The lowest BCUT2D eigenvalue weighted by Gasteiger charge is -2.18. The van der Waals surface area contributed by atoms with Crippen LogP contribution in [0.25, 0.3) is 0 Å². The number of benzene rings is 1. The lowest BCUT2D eigenvalue weighted by atomic mass is 10.1. The van der Waals surface area contributed by atoms with Crippen LogP contribution in [0, 0.1) is 0 Å². The van der Waals surface area contributed by atoms with E-state index in [1.807, 2.05) is 11.8 Å². The summed E-state index contributed by atoms with van der Waals surface area (Å²) in [6.45, 7) is 10.6. The van der Waals surface area contributed by atoms with E-state index in [0.29, 0.717) is 13.0 Å². The number of hydrogen-bond donors (Lipinski definition) is 2. The minimum atomic E-state index is 0.236. The van der Waals surface area contributed by atoms with Gasteiger partial charge in [-0.1, -0.05) is 31.2 Å². The van der Waals surface area contributed by atoms with E-state index >= 15 is 0 Å². The highest BCUT2D eigenvalue weighted by atomic mass is 16.2. The quantitative estimate of drug-likeness (QED) is 0.559. The minimum Gasteiger partial charge on any atom is -0.357 e. The van der Waals surface area contributed by atoms with Crippen molar-refractivity contribution in [2.24, 2.45) is 4.99 Å². The van der Waals surface area contributed by atoms with E-state index in [-0.39, 0.29) is 11.9 Å². The van der Waals surface area contributed by atoms with Gasteiger partial charge in [-0.25, -0.2) is 4.99 Å². The molecule has 2 heterocycles. The zero-order valence-corrected chi connectivity index (χ0v) is 17.4. The first-order valence-electron chi connectivity index (χ1n) is 10.8. The molecule has 2 N–H and O–H groups in total. The lowest BCUT2D eigenvalue weighted by molar-refractivity contribution is -0.129. The third-order valence-corrected chi connectivity index (χ3v) is 5.58. The SMILES string of the molecule is CCNC(=NCc1ccc(CN2CCCC2)cc1)NC1CCN(C(=O)CC)C1. The number of carbonyl (C=O) groups is 1. The van der Waals surface area contributed by atoms with Crippen LogP contribution >= 0.6 is 0 Å². The number of hydrogen-bond acceptors (Lipinski definition) is 3. The molecule has 0 bridgehead atoms. The maximum Gasteiger partial charge on any atom is 0.222 e. The van der Waals surface area contributed by atoms with Gasteiger partial charge in [0.15, 0.2) is 5.96 Å². The van der Waals surface area contributed by atoms with Gasteiger partial charge in [0.05, 0.1) is 6.54 Å². The van der Waals surface area contributed by atoms with Gasteiger partial charge in [0.2, 0.25) is 5.91 Å². The summed E-state index contributed by atoms with van der Waals surface area (Å²) in [6.07, 6.45) is 4.21. The molecular formula is C22H35N5O. The first-order chi connectivity index (χ1) is 13.7. The molecule has 2 aliphatic heterocycles. The Hall–Kier alpha value is -2.08. The average Bonchev–Trinajstić information content (AvgIpc) is 3.39. The number of amides is 1. The van der Waals surface area contributed by atoms with Crippen molar-refractivity contribution in [3.8, 4) is 0 Å². The van der Waals surface area contributed by atoms with E-state index in [9.17, 15) is 4.79 Å². The number of aliphatic imine (C=N–C) groups is 1. The summed E-state index contributed by atoms with van der Waals surface area (Å²) in [7, 11) is 0. The molecule has 3 rings (SSSR count). The van der Waals surface area contributed by atoms with Crippen molar-refractivity contribution in [3.63, 3.8) is 0 Å². The molecule has 0 saturated carbocycles. The number of carbonyl (C=O) groups excluding carboxylic acids is 1. The van der Waals surface area contributed by atoms with Crippen LogP contribution < -0.4 is 10.6 Å². The summed E-state index contributed by atoms with van der Waals surface area (Å²) in [4.78, 5) is 21.1. The second-order valence-electron chi connectivity index (χ2n) is 7.82. The van der Waals surface area contributed by atoms with Gasteiger partial charge in [0, 0.05) is 38.6 Å². The average molecular weight is 386 g/mol. The van der Waals surface area contributed by atoms with Gasteiger partial charge in [-0.2, -0.15) is 0 Å². The summed E-state index contributed by atoms with van der Waals surface area (Å²) >= 11 is 0. The highest BCUT2D eigenvalue weighted by Gasteiger charge is 2.25. The van der Waals surface area contributed by atoms with Gasteiger partial charge in [-0.05, 0) is 50.4 Å². The molecule has 6 nitrogen and oxygen atoms in total. The molecule has 154 valence electrons. The van der Waals surface area contributed by atoms with Gasteiger partial charge in [0.25, 0.3) is 0 Å². The van der Waals surface area contributed by atoms with E-state index in [1.54, 1.807) is 0 Å². The molecule has 0 radical (unpaired) electrons. The van der Waals surface area contributed by atoms with Crippen molar-refractivity contribution in [2.75, 3.05) is 32.7 Å². The summed E-state index contributed by atoms with van der Waals surface area (Å²) in [6, 6.07) is 9.12. The molecule has 1 unspecified atom stereocenters. The fourth-order valence-electron chi connectivity index (χ4n) is 3.96. The van der Waals surface area contributed by atoms with E-state index in [0.717, 1.165) is 38.6 Å². The zero-order chi connectivity index (χ0) is 19.8. The van der Waals surface area contributed by atoms with Gasteiger partial charge >= 0.3 is 0 Å². The van der Waals surface area contributed by atoms with Crippen LogP contribution in [0.4, 0.5) is 0 Å². The number of nitrogens with zero attached hydrogens (tertiary/aromatic N) is 3. The Morgan fingerprint density at radius 2 is 1.82 bits per heavy atom. The molecule has 2 saturated heterocycles. The monoisotopic (exact) mass is 385 g/mol. The zero-order valence-electron chi connectivity index (χ0n) is 17.4. The van der Waals surface area contributed by atoms with Gasteiger partial charge in [-0.15, -0.1) is 0 Å². The standard InChI is InChI=1S/C22H35N5O/c1-3-21(28)27-14-11-20(17-27)25-22(23-4-2)24-15-18-7-9-19(10-8-18)16-26-12-5-6-13-26/h7-10,20H,3-6,11-17H2,1-2H3,(H2,23,24,25). The third kappa shape index (κ3) is 5.96. The Morgan fingerprint density at radius 1 is 1.11 bits per heavy atom. The first kappa shape index (κ1) is 20.6. The smallest absolute Gasteiger partial charge is 0.222 e. The maximum atomic E-state index is 11.9. The minimum absolute atomic E-state index is 0.236. The van der Waals surface area contributed by atoms with Crippen LogP contribution in [0.15, 0.2) is 29.3 Å². The van der Waals surface area contributed by atoms with Crippen LogP contribution in [0.5, 0.6) is 0 Å². The number of likely N-dealkylation sites (tertiary alicyclic amines) is 2. The first-order valence-corrected chi connectivity index (χ1v) is 10.8. The summed E-state index contributed by atoms with van der Waals surface area (Å²) in [5.74, 6) is 1.07. The largest absolute Gasteiger partial charge is 0.357 e. The highest BCUT2D eigenvalue weighted by molar-refractivity contribution is 5.80. The third-order valence-electron chi connectivity index (χ3n) is 5.58. The fraction of sp³-hybridized carbons (Fsp3) is 0.636. The predicted octanol–water partition coefficient (Wildman–Crippen LogP) is 2.35. The summed E-state index contributed by atoms with van der Waals surface area (Å²) < 4.78 is 0. The van der Waals surface area contributed by atoms with Gasteiger partial charge in [-0.3, -0.25) is 9.69 Å². The molecule has 2 aliphatic rings. The summed E-state index contributed by atoms with van der Waals surface area (Å²) in [5, 5.41) is 6.82. The fourth-order valence-corrected chi connectivity index (χ4v) is 3.96. The lowest BCUT2D eigenvalue weighted by Crippen LogP contribution is -2.45. The summed E-state index contributed by atoms with van der Waals surface area (Å²) in [5.41, 5.74) is 2.60. The van der Waals surface area contributed by atoms with Crippen molar-refractivity contribution in [3.05, 3.63) is 35.4 Å². The van der Waals surface area contributed by atoms with E-state index < -0.39 is 0 Å². The Morgan fingerprint density at radius 3 is 2.50 bits per heavy atom. The van der Waals surface area contributed by atoms with Gasteiger partial charge in [0.1, 0.15) is 0 Å². The van der Waals surface area contributed by atoms with Crippen molar-refractivity contribution >= 4 is 11.9 Å². The van der Waals surface area contributed by atoms with Crippen molar-refractivity contribution in [1.29, 1.82) is 0 Å². The topological polar surface area (TPSA) is 60.0 Å². The van der Waals surface area contributed by atoms with E-state index in [4.69, 9.17) is 4.99 Å². The molecule has 0 spiro atoms. The second-order valence-corrected chi connectivity index (χ2v) is 7.82. The Balaban J connectivity index is 1.51. The molecule has 6 heteroatoms. The second kappa shape index (κ2) is 10.5. The van der Waals surface area contributed by atoms with Crippen LogP contribution in [-0.2, 0) is 17.9 Å². The molecule has 1 atom stereocenters. The van der Waals surface area contributed by atoms with Crippen LogP contribution in [-0.4, -0.2) is 60.4 Å². The molecule has 28 heavy (non-hydrogen) atoms. The van der Waals surface area contributed by atoms with Crippen LogP contribution in [0.1, 0.15) is 50.7 Å².